The molecule has 2 saturated heterocycles. The van der Waals surface area contributed by atoms with Crippen molar-refractivity contribution in [1.29, 1.82) is 0 Å². The standard InChI is InChI=1S/C53H88N12O14S2/c1-5-37(4)48(50(55)76)60-51(77)41(29-36(2)3)59-52(78)53(14-25-79-26-15-53)61-43(67)13-28-81-35-39-10-8-9-38(57-39)34-80-27-12-42(66)58-40(49(54)75)11-6-7-16-56-44(68)30-62-17-19-63(31-45(69)70)21-23-65(33-47(73)74)24-22-64(20-18-62)32-46(71)72/h8-10,36-37,40-41,48H,5-7,11-35H2,1-4H3,(H2,54,75)(H2,55,76)(H,56,68)(H,58,66)(H,59,78)(H,60,77)(H,61,67)(H,69,70)(H,71,72)(H,73,74)/t37-,40-,41-,48-/m0/s1. The van der Waals surface area contributed by atoms with E-state index in [0.29, 0.717) is 61.8 Å². The summed E-state index contributed by atoms with van der Waals surface area (Å²) in [5, 5.41) is 42.5. The maximum Gasteiger partial charge on any atom is 0.317 e. The van der Waals surface area contributed by atoms with Crippen LogP contribution in [0.4, 0.5) is 0 Å². The van der Waals surface area contributed by atoms with Crippen LogP contribution in [0.15, 0.2) is 18.2 Å². The monoisotopic (exact) mass is 1180 g/mol. The third-order valence-electron chi connectivity index (χ3n) is 13.9. The van der Waals surface area contributed by atoms with Gasteiger partial charge in [-0.2, -0.15) is 23.5 Å². The van der Waals surface area contributed by atoms with Crippen LogP contribution in [0.2, 0.25) is 0 Å². The minimum absolute atomic E-state index is 0.0244. The Labute approximate surface area is 483 Å². The largest absolute Gasteiger partial charge is 0.480 e. The molecular formula is C53H88N12O14S2. The summed E-state index contributed by atoms with van der Waals surface area (Å²) in [6.07, 6.45) is 2.81. The normalized spacial score (nSPS) is 17.4. The van der Waals surface area contributed by atoms with Crippen LogP contribution in [0.25, 0.3) is 0 Å². The number of carboxylic acid groups (broad SMARTS) is 3. The van der Waals surface area contributed by atoms with Gasteiger partial charge in [0.15, 0.2) is 0 Å². The Morgan fingerprint density at radius 2 is 1.15 bits per heavy atom. The summed E-state index contributed by atoms with van der Waals surface area (Å²) in [5.41, 5.74) is 11.6. The van der Waals surface area contributed by atoms with Crippen LogP contribution in [-0.2, 0) is 64.2 Å². The first-order valence-electron chi connectivity index (χ1n) is 27.8. The van der Waals surface area contributed by atoms with Gasteiger partial charge in [0.05, 0.1) is 37.6 Å². The van der Waals surface area contributed by atoms with Crippen molar-refractivity contribution >= 4 is 82.8 Å². The van der Waals surface area contributed by atoms with Crippen LogP contribution in [0.5, 0.6) is 0 Å². The molecule has 7 amide bonds. The molecule has 1 aromatic rings. The SMILES string of the molecule is CC[C@H](C)[C@H](NC(=O)[C@H](CC(C)C)NC(=O)C1(NC(=O)CCSCc2cccc(CSCCC(=O)N[C@@H](CCCCNC(=O)CN3CCN(CC(=O)O)CCN(CC(=O)O)CCN(CC(=O)O)CC3)C(N)=O)n2)CCOCC1)C(N)=O. The molecule has 0 aliphatic carbocycles. The second-order valence-corrected chi connectivity index (χ2v) is 23.3. The van der Waals surface area contributed by atoms with E-state index in [1.165, 1.54) is 23.5 Å². The van der Waals surface area contributed by atoms with Gasteiger partial charge in [-0.1, -0.05) is 40.2 Å². The molecule has 0 aromatic carbocycles. The van der Waals surface area contributed by atoms with Gasteiger partial charge >= 0.3 is 17.9 Å². The topological polar surface area (TPSA) is 379 Å². The molecule has 81 heavy (non-hydrogen) atoms. The lowest BCUT2D eigenvalue weighted by atomic mass is 9.87. The Morgan fingerprint density at radius 1 is 0.654 bits per heavy atom. The van der Waals surface area contributed by atoms with E-state index in [4.69, 9.17) is 21.2 Å². The minimum Gasteiger partial charge on any atom is -0.480 e. The maximum absolute atomic E-state index is 14.0. The van der Waals surface area contributed by atoms with Gasteiger partial charge in [0.1, 0.15) is 23.7 Å². The Bertz CT molecular complexity index is 2200. The summed E-state index contributed by atoms with van der Waals surface area (Å²) in [4.78, 5) is 137. The van der Waals surface area contributed by atoms with E-state index in [0.717, 1.165) is 11.4 Å². The lowest BCUT2D eigenvalue weighted by Gasteiger charge is -2.38. The third kappa shape index (κ3) is 28.3. The van der Waals surface area contributed by atoms with Gasteiger partial charge in [0, 0.05) is 121 Å². The minimum atomic E-state index is -1.29. The zero-order valence-corrected chi connectivity index (χ0v) is 49.1. The quantitative estimate of drug-likeness (QED) is 0.0375. The Kier molecular flexibility index (Phi) is 32.2. The molecule has 0 spiro atoms. The van der Waals surface area contributed by atoms with Gasteiger partial charge in [-0.25, -0.2) is 0 Å². The number of nitrogens with two attached hydrogens (primary N) is 2. The van der Waals surface area contributed by atoms with E-state index >= 15 is 0 Å². The van der Waals surface area contributed by atoms with Crippen molar-refractivity contribution in [3.63, 3.8) is 0 Å². The number of nitrogens with one attached hydrogen (secondary N) is 5. The van der Waals surface area contributed by atoms with Crippen molar-refractivity contribution in [2.24, 2.45) is 23.3 Å². The number of hydrogen-bond donors (Lipinski definition) is 10. The van der Waals surface area contributed by atoms with Crippen molar-refractivity contribution in [1.82, 2.24) is 51.2 Å². The van der Waals surface area contributed by atoms with E-state index < -0.39 is 65.2 Å². The summed E-state index contributed by atoms with van der Waals surface area (Å²) in [6.45, 7) is 9.61. The van der Waals surface area contributed by atoms with Crippen LogP contribution in [0.3, 0.4) is 0 Å². The molecule has 12 N–H and O–H groups in total. The number of thioether (sulfide) groups is 2. The van der Waals surface area contributed by atoms with Crippen LogP contribution >= 0.6 is 23.5 Å². The van der Waals surface area contributed by atoms with Gasteiger partial charge in [-0.05, 0) is 49.7 Å². The predicted molar refractivity (Wildman–Crippen MR) is 305 cm³/mol. The smallest absolute Gasteiger partial charge is 0.317 e. The fourth-order valence-electron chi connectivity index (χ4n) is 9.11. The molecule has 2 fully saturated rings. The molecular weight excluding hydrogens is 1090 g/mol. The number of aromatic nitrogens is 1. The highest BCUT2D eigenvalue weighted by Gasteiger charge is 2.43. The molecule has 26 nitrogen and oxygen atoms in total. The number of carbonyl (C=O) groups excluding carboxylic acids is 7. The van der Waals surface area contributed by atoms with Gasteiger partial charge in [0.25, 0.3) is 0 Å². The first kappa shape index (κ1) is 69.6. The fourth-order valence-corrected chi connectivity index (χ4v) is 10.8. The molecule has 4 atom stereocenters. The number of rotatable bonds is 35. The molecule has 28 heteroatoms. The first-order chi connectivity index (χ1) is 38.5. The third-order valence-corrected chi connectivity index (χ3v) is 15.9. The van der Waals surface area contributed by atoms with Gasteiger partial charge < -0.3 is 58.1 Å². The highest BCUT2D eigenvalue weighted by atomic mass is 32.2. The number of ether oxygens (including phenoxy) is 1. The average Bonchev–Trinajstić information content (AvgIpc) is 3.46. The summed E-state index contributed by atoms with van der Waals surface area (Å²) < 4.78 is 5.54. The average molecular weight is 1180 g/mol. The zero-order valence-electron chi connectivity index (χ0n) is 47.5. The Balaban J connectivity index is 1.40. The molecule has 0 saturated carbocycles. The van der Waals surface area contributed by atoms with E-state index in [1.54, 1.807) is 14.7 Å². The van der Waals surface area contributed by atoms with Crippen LogP contribution in [-0.4, -0.2) is 233 Å². The van der Waals surface area contributed by atoms with Crippen LogP contribution in [0, 0.1) is 11.8 Å². The number of unbranched alkanes of at least 4 members (excludes halogenated alkanes) is 1. The number of pyridine rings is 1. The van der Waals surface area contributed by atoms with Crippen LogP contribution in [0.1, 0.15) is 96.9 Å². The van der Waals surface area contributed by atoms with Crippen LogP contribution < -0.4 is 38.1 Å². The highest BCUT2D eigenvalue weighted by molar-refractivity contribution is 7.98. The molecule has 1 aromatic heterocycles. The molecule has 2 aliphatic rings. The van der Waals surface area contributed by atoms with Crippen molar-refractivity contribution < 1.29 is 68.0 Å². The second kappa shape index (κ2) is 37.5. The number of amides is 7. The summed E-state index contributed by atoms with van der Waals surface area (Å²) >= 11 is 3.01. The van der Waals surface area contributed by atoms with E-state index in [1.807, 2.05) is 50.8 Å². The Morgan fingerprint density at radius 3 is 1.60 bits per heavy atom. The lowest BCUT2D eigenvalue weighted by Crippen LogP contribution is -2.64. The summed E-state index contributed by atoms with van der Waals surface area (Å²) in [5.74, 6) is -4.71. The molecule has 0 radical (unpaired) electrons. The van der Waals surface area contributed by atoms with E-state index in [9.17, 15) is 63.3 Å². The lowest BCUT2D eigenvalue weighted by molar-refractivity contribution is -0.140. The Hall–Kier alpha value is -5.65. The summed E-state index contributed by atoms with van der Waals surface area (Å²) in [7, 11) is 0. The number of aliphatic carboxylic acids is 3. The molecule has 0 bridgehead atoms. The summed E-state index contributed by atoms with van der Waals surface area (Å²) in [6, 6.07) is 2.89. The number of primary amides is 2. The number of carbonyl (C=O) groups is 10. The first-order valence-corrected chi connectivity index (χ1v) is 30.1. The van der Waals surface area contributed by atoms with Gasteiger partial charge in [0.2, 0.25) is 41.4 Å². The van der Waals surface area contributed by atoms with E-state index in [-0.39, 0.29) is 147 Å². The fraction of sp³-hybridized carbons (Fsp3) is 0.717. The number of nitrogens with zero attached hydrogens (tertiary/aromatic N) is 5. The number of carboxylic acids is 3. The number of hydrogen-bond acceptors (Lipinski definition) is 18. The molecule has 456 valence electrons. The van der Waals surface area contributed by atoms with Crippen molar-refractivity contribution in [3.05, 3.63) is 29.6 Å². The van der Waals surface area contributed by atoms with Gasteiger partial charge in [-0.3, -0.25) is 72.5 Å². The molecule has 3 heterocycles. The predicted octanol–water partition coefficient (Wildman–Crippen LogP) is -0.727. The molecule has 2 aliphatic heterocycles. The zero-order chi connectivity index (χ0) is 59.9. The van der Waals surface area contributed by atoms with E-state index in [2.05, 4.69) is 26.6 Å². The second-order valence-electron chi connectivity index (χ2n) is 21.1. The molecule has 0 unspecified atom stereocenters. The van der Waals surface area contributed by atoms with Crippen molar-refractivity contribution in [2.75, 3.05) is 110 Å². The highest BCUT2D eigenvalue weighted by Crippen LogP contribution is 2.24. The molecule has 3 rings (SSSR count). The van der Waals surface area contributed by atoms with Crippen molar-refractivity contribution in [3.8, 4) is 0 Å². The van der Waals surface area contributed by atoms with Crippen molar-refractivity contribution in [2.45, 2.75) is 121 Å². The van der Waals surface area contributed by atoms with Gasteiger partial charge in [-0.15, -0.1) is 0 Å². The maximum atomic E-state index is 14.0.